The van der Waals surface area contributed by atoms with Gasteiger partial charge in [0.2, 0.25) is 0 Å². The molecule has 8 atom stereocenters. The number of hydrogen-bond acceptors (Lipinski definition) is 7. The average molecular weight is 372 g/mol. The van der Waals surface area contributed by atoms with Crippen LogP contribution in [0.25, 0.3) is 0 Å². The molecule has 2 N–H and O–H groups in total. The van der Waals surface area contributed by atoms with Crippen LogP contribution in [0.1, 0.15) is 53.4 Å². The molecule has 8 unspecified atom stereocenters. The first kappa shape index (κ1) is 20.0. The Bertz CT molecular complexity index is 522. The summed E-state index contributed by atoms with van der Waals surface area (Å²) in [5.41, 5.74) is -1.17. The van der Waals surface area contributed by atoms with E-state index in [1.807, 2.05) is 6.92 Å². The lowest BCUT2D eigenvalue weighted by Crippen LogP contribution is -2.67. The van der Waals surface area contributed by atoms with E-state index in [0.717, 1.165) is 12.8 Å². The molecule has 0 aromatic heterocycles. The highest BCUT2D eigenvalue weighted by molar-refractivity contribution is 5.70. The van der Waals surface area contributed by atoms with Gasteiger partial charge in [0.15, 0.2) is 18.4 Å². The van der Waals surface area contributed by atoms with Crippen molar-refractivity contribution in [2.45, 2.75) is 77.3 Å². The van der Waals surface area contributed by atoms with Crippen molar-refractivity contribution in [2.24, 2.45) is 23.7 Å². The van der Waals surface area contributed by atoms with Crippen molar-refractivity contribution >= 4 is 5.97 Å². The Morgan fingerprint density at radius 3 is 2.62 bits per heavy atom. The molecule has 0 aromatic rings. The molecule has 2 aliphatic heterocycles. The molecule has 1 saturated carbocycles. The summed E-state index contributed by atoms with van der Waals surface area (Å²) in [5.74, 6) is -1.68. The highest BCUT2D eigenvalue weighted by atomic mass is 16.8. The van der Waals surface area contributed by atoms with Gasteiger partial charge in [0.25, 0.3) is 0 Å². The van der Waals surface area contributed by atoms with Crippen molar-refractivity contribution in [3.8, 4) is 0 Å². The molecule has 1 aliphatic carbocycles. The van der Waals surface area contributed by atoms with Crippen LogP contribution in [0.4, 0.5) is 0 Å². The standard InChI is InChI=1S/C19H32O7/c1-5-23-15(20)10-24-16-12(3)14-7-6-11(2)13-8-9-18(4,21)26-17(25-16)19(13,14)22/h11-14,16-17,21-22H,5-10H2,1-4H3. The van der Waals surface area contributed by atoms with E-state index in [4.69, 9.17) is 18.9 Å². The minimum atomic E-state index is -1.37. The molecule has 3 rings (SSSR count). The minimum Gasteiger partial charge on any atom is -0.464 e. The van der Waals surface area contributed by atoms with E-state index < -0.39 is 29.9 Å². The molecular formula is C19H32O7. The number of rotatable bonds is 4. The fourth-order valence-electron chi connectivity index (χ4n) is 5.08. The molecule has 26 heavy (non-hydrogen) atoms. The summed E-state index contributed by atoms with van der Waals surface area (Å²) in [7, 11) is 0. The number of hydrogen-bond donors (Lipinski definition) is 2. The van der Waals surface area contributed by atoms with Crippen LogP contribution < -0.4 is 0 Å². The van der Waals surface area contributed by atoms with Crippen LogP contribution in [0.2, 0.25) is 0 Å². The van der Waals surface area contributed by atoms with Crippen LogP contribution in [-0.4, -0.2) is 53.4 Å². The average Bonchev–Trinajstić information content (AvgIpc) is 2.65. The molecular weight excluding hydrogens is 340 g/mol. The molecule has 7 heteroatoms. The van der Waals surface area contributed by atoms with Gasteiger partial charge in [-0.2, -0.15) is 0 Å². The Labute approximate surface area is 154 Å². The van der Waals surface area contributed by atoms with Crippen LogP contribution in [-0.2, 0) is 23.7 Å². The van der Waals surface area contributed by atoms with Crippen molar-refractivity contribution in [1.82, 2.24) is 0 Å². The predicted octanol–water partition coefficient (Wildman–Crippen LogP) is 1.80. The zero-order chi connectivity index (χ0) is 19.1. The number of carbonyl (C=O) groups excluding carboxylic acids is 1. The summed E-state index contributed by atoms with van der Waals surface area (Å²) in [4.78, 5) is 11.6. The lowest BCUT2D eigenvalue weighted by molar-refractivity contribution is -0.407. The number of carbonyl (C=O) groups is 1. The van der Waals surface area contributed by atoms with Crippen molar-refractivity contribution in [2.75, 3.05) is 13.2 Å². The van der Waals surface area contributed by atoms with E-state index in [2.05, 4.69) is 6.92 Å². The predicted molar refractivity (Wildman–Crippen MR) is 91.7 cm³/mol. The topological polar surface area (TPSA) is 94.5 Å². The van der Waals surface area contributed by atoms with Gasteiger partial charge in [0, 0.05) is 18.3 Å². The molecule has 3 fully saturated rings. The van der Waals surface area contributed by atoms with Crippen molar-refractivity contribution < 1.29 is 34.0 Å². The second-order valence-corrected chi connectivity index (χ2v) is 8.30. The highest BCUT2D eigenvalue weighted by Crippen LogP contribution is 2.55. The van der Waals surface area contributed by atoms with Crippen LogP contribution in [0, 0.1) is 23.7 Å². The van der Waals surface area contributed by atoms with Crippen LogP contribution >= 0.6 is 0 Å². The van der Waals surface area contributed by atoms with Crippen LogP contribution in [0.3, 0.4) is 0 Å². The third-order valence-corrected chi connectivity index (χ3v) is 6.46. The summed E-state index contributed by atoms with van der Waals surface area (Å²) >= 11 is 0. The van der Waals surface area contributed by atoms with E-state index >= 15 is 0 Å². The molecule has 0 spiro atoms. The van der Waals surface area contributed by atoms with E-state index in [0.29, 0.717) is 25.4 Å². The maximum Gasteiger partial charge on any atom is 0.332 e. The number of ether oxygens (including phenoxy) is 4. The third-order valence-electron chi connectivity index (χ3n) is 6.46. The smallest absolute Gasteiger partial charge is 0.332 e. The second kappa shape index (κ2) is 7.36. The first-order valence-corrected chi connectivity index (χ1v) is 9.74. The highest BCUT2D eigenvalue weighted by Gasteiger charge is 2.63. The van der Waals surface area contributed by atoms with Crippen LogP contribution in [0.15, 0.2) is 0 Å². The Morgan fingerprint density at radius 1 is 1.19 bits per heavy atom. The monoisotopic (exact) mass is 372 g/mol. The molecule has 0 amide bonds. The van der Waals surface area contributed by atoms with Gasteiger partial charge in [-0.15, -0.1) is 0 Å². The van der Waals surface area contributed by atoms with Gasteiger partial charge < -0.3 is 29.2 Å². The summed E-state index contributed by atoms with van der Waals surface area (Å²) in [6, 6.07) is 0. The molecule has 3 aliphatic rings. The lowest BCUT2D eigenvalue weighted by Gasteiger charge is -2.57. The van der Waals surface area contributed by atoms with Gasteiger partial charge >= 0.3 is 5.97 Å². The van der Waals surface area contributed by atoms with Crippen molar-refractivity contribution in [3.63, 3.8) is 0 Å². The van der Waals surface area contributed by atoms with Gasteiger partial charge in [-0.25, -0.2) is 4.79 Å². The van der Waals surface area contributed by atoms with E-state index in [9.17, 15) is 15.0 Å². The Kier molecular flexibility index (Phi) is 5.66. The molecule has 2 saturated heterocycles. The minimum absolute atomic E-state index is 0.00585. The Balaban J connectivity index is 1.83. The maximum absolute atomic E-state index is 11.7. The van der Waals surface area contributed by atoms with Gasteiger partial charge in [-0.05, 0) is 44.9 Å². The Hall–Kier alpha value is -0.730. The van der Waals surface area contributed by atoms with Gasteiger partial charge in [0.05, 0.1) is 6.61 Å². The normalized spacial score (nSPS) is 48.4. The quantitative estimate of drug-likeness (QED) is 0.727. The number of esters is 1. The summed E-state index contributed by atoms with van der Waals surface area (Å²) in [6.45, 7) is 7.54. The third kappa shape index (κ3) is 3.52. The second-order valence-electron chi connectivity index (χ2n) is 8.30. The fraction of sp³-hybridized carbons (Fsp3) is 0.947. The van der Waals surface area contributed by atoms with Gasteiger partial charge in [-0.1, -0.05) is 13.8 Å². The molecule has 0 bridgehead atoms. The Morgan fingerprint density at radius 2 is 1.92 bits per heavy atom. The first-order valence-electron chi connectivity index (χ1n) is 9.74. The summed E-state index contributed by atoms with van der Waals surface area (Å²) in [5, 5.41) is 22.2. The molecule has 2 heterocycles. The van der Waals surface area contributed by atoms with Crippen molar-refractivity contribution in [3.05, 3.63) is 0 Å². The van der Waals surface area contributed by atoms with Gasteiger partial charge in [0.1, 0.15) is 12.2 Å². The van der Waals surface area contributed by atoms with E-state index in [-0.39, 0.29) is 24.4 Å². The van der Waals surface area contributed by atoms with Gasteiger partial charge in [-0.3, -0.25) is 0 Å². The molecule has 150 valence electrons. The van der Waals surface area contributed by atoms with E-state index in [1.165, 1.54) is 0 Å². The SMILES string of the molecule is CCOC(=O)COC1OC2OC(C)(O)CCC3C(C)CCC(C1C)C23O. The first-order chi connectivity index (χ1) is 12.2. The number of aliphatic hydroxyl groups is 2. The maximum atomic E-state index is 11.7. The van der Waals surface area contributed by atoms with E-state index in [1.54, 1.807) is 13.8 Å². The molecule has 0 aromatic carbocycles. The van der Waals surface area contributed by atoms with Crippen molar-refractivity contribution in [1.29, 1.82) is 0 Å². The largest absolute Gasteiger partial charge is 0.464 e. The van der Waals surface area contributed by atoms with Crippen LogP contribution in [0.5, 0.6) is 0 Å². The molecule has 7 nitrogen and oxygen atoms in total. The molecule has 0 radical (unpaired) electrons. The summed E-state index contributed by atoms with van der Waals surface area (Å²) < 4.78 is 22.3. The fourth-order valence-corrected chi connectivity index (χ4v) is 5.08. The zero-order valence-corrected chi connectivity index (χ0v) is 16.1. The lowest BCUT2D eigenvalue weighted by atomic mass is 9.58. The zero-order valence-electron chi connectivity index (χ0n) is 16.1. The summed E-state index contributed by atoms with van der Waals surface area (Å²) in [6.07, 6.45) is 1.28.